The SMILES string of the molecule is CN(CC(=O)Nc1nc2c(s1)CCCC2)CC1CCCCC1O. The third-order valence-electron chi connectivity index (χ3n) is 4.92. The van der Waals surface area contributed by atoms with E-state index in [-0.39, 0.29) is 12.0 Å². The highest BCUT2D eigenvalue weighted by Crippen LogP contribution is 2.29. The van der Waals surface area contributed by atoms with Gasteiger partial charge in [-0.15, -0.1) is 11.3 Å². The molecule has 3 rings (SSSR count). The Labute approximate surface area is 142 Å². The van der Waals surface area contributed by atoms with E-state index in [1.54, 1.807) is 11.3 Å². The van der Waals surface area contributed by atoms with Crippen LogP contribution < -0.4 is 5.32 Å². The van der Waals surface area contributed by atoms with E-state index in [2.05, 4.69) is 10.3 Å². The van der Waals surface area contributed by atoms with E-state index in [9.17, 15) is 9.90 Å². The Hall–Kier alpha value is -0.980. The number of aryl methyl sites for hydroxylation is 2. The van der Waals surface area contributed by atoms with Gasteiger partial charge >= 0.3 is 0 Å². The van der Waals surface area contributed by atoms with E-state index in [0.29, 0.717) is 12.5 Å². The van der Waals surface area contributed by atoms with Gasteiger partial charge in [0, 0.05) is 11.4 Å². The molecular formula is C17H27N3O2S. The molecule has 5 nitrogen and oxygen atoms in total. The summed E-state index contributed by atoms with van der Waals surface area (Å²) in [7, 11) is 1.95. The maximum absolute atomic E-state index is 12.2. The second-order valence-corrected chi connectivity index (χ2v) is 8.04. The number of nitrogens with one attached hydrogen (secondary N) is 1. The van der Waals surface area contributed by atoms with Gasteiger partial charge in [-0.3, -0.25) is 9.69 Å². The molecule has 1 heterocycles. The van der Waals surface area contributed by atoms with Gasteiger partial charge in [0.25, 0.3) is 0 Å². The summed E-state index contributed by atoms with van der Waals surface area (Å²) in [6.07, 6.45) is 8.64. The van der Waals surface area contributed by atoms with Crippen molar-refractivity contribution in [2.24, 2.45) is 5.92 Å². The summed E-state index contributed by atoms with van der Waals surface area (Å²) in [5.41, 5.74) is 1.18. The lowest BCUT2D eigenvalue weighted by molar-refractivity contribution is -0.117. The molecule has 2 N–H and O–H groups in total. The zero-order chi connectivity index (χ0) is 16.2. The van der Waals surface area contributed by atoms with Gasteiger partial charge in [-0.1, -0.05) is 12.8 Å². The second kappa shape index (κ2) is 7.73. The van der Waals surface area contributed by atoms with Gasteiger partial charge in [-0.25, -0.2) is 4.98 Å². The highest BCUT2D eigenvalue weighted by atomic mass is 32.1. The van der Waals surface area contributed by atoms with Gasteiger partial charge < -0.3 is 10.4 Å². The van der Waals surface area contributed by atoms with Crippen LogP contribution in [-0.4, -0.2) is 47.1 Å². The molecule has 6 heteroatoms. The summed E-state index contributed by atoms with van der Waals surface area (Å²) in [4.78, 5) is 20.1. The minimum atomic E-state index is -0.208. The normalized spacial score (nSPS) is 24.5. The summed E-state index contributed by atoms with van der Waals surface area (Å²) in [5, 5.41) is 13.7. The van der Waals surface area contributed by atoms with E-state index in [1.165, 1.54) is 29.8 Å². The average Bonchev–Trinajstić information content (AvgIpc) is 2.91. The summed E-state index contributed by atoms with van der Waals surface area (Å²) in [5.74, 6) is 0.289. The molecule has 23 heavy (non-hydrogen) atoms. The molecule has 2 unspecified atom stereocenters. The van der Waals surface area contributed by atoms with E-state index >= 15 is 0 Å². The lowest BCUT2D eigenvalue weighted by Crippen LogP contribution is -2.38. The van der Waals surface area contributed by atoms with Crippen molar-refractivity contribution in [1.82, 2.24) is 9.88 Å². The lowest BCUT2D eigenvalue weighted by Gasteiger charge is -2.30. The van der Waals surface area contributed by atoms with Crippen molar-refractivity contribution in [2.75, 3.05) is 25.5 Å². The third kappa shape index (κ3) is 4.52. The number of aliphatic hydroxyl groups is 1. The molecule has 1 fully saturated rings. The Kier molecular flexibility index (Phi) is 5.67. The van der Waals surface area contributed by atoms with Crippen LogP contribution in [0.15, 0.2) is 0 Å². The van der Waals surface area contributed by atoms with Crippen molar-refractivity contribution in [3.63, 3.8) is 0 Å². The first-order valence-corrected chi connectivity index (χ1v) is 9.58. The summed E-state index contributed by atoms with van der Waals surface area (Å²) in [6, 6.07) is 0. The van der Waals surface area contributed by atoms with Crippen molar-refractivity contribution < 1.29 is 9.90 Å². The Morgan fingerprint density at radius 2 is 2.09 bits per heavy atom. The third-order valence-corrected chi connectivity index (χ3v) is 5.99. The van der Waals surface area contributed by atoms with Crippen LogP contribution in [0.4, 0.5) is 5.13 Å². The first-order valence-electron chi connectivity index (χ1n) is 8.77. The maximum Gasteiger partial charge on any atom is 0.240 e. The Balaban J connectivity index is 1.47. The van der Waals surface area contributed by atoms with Crippen LogP contribution in [0.1, 0.15) is 49.1 Å². The fourth-order valence-corrected chi connectivity index (χ4v) is 4.74. The molecule has 2 atom stereocenters. The summed E-state index contributed by atoms with van der Waals surface area (Å²) < 4.78 is 0. The summed E-state index contributed by atoms with van der Waals surface area (Å²) >= 11 is 1.63. The largest absolute Gasteiger partial charge is 0.393 e. The highest BCUT2D eigenvalue weighted by Gasteiger charge is 2.25. The van der Waals surface area contributed by atoms with Gasteiger partial charge in [0.1, 0.15) is 0 Å². The van der Waals surface area contributed by atoms with Crippen molar-refractivity contribution >= 4 is 22.4 Å². The topological polar surface area (TPSA) is 65.5 Å². The lowest BCUT2D eigenvalue weighted by atomic mass is 9.86. The molecule has 0 aromatic carbocycles. The van der Waals surface area contributed by atoms with Crippen molar-refractivity contribution in [3.8, 4) is 0 Å². The average molecular weight is 337 g/mol. The molecule has 1 aromatic rings. The van der Waals surface area contributed by atoms with Crippen molar-refractivity contribution in [1.29, 1.82) is 0 Å². The predicted molar refractivity (Wildman–Crippen MR) is 92.8 cm³/mol. The maximum atomic E-state index is 12.2. The Morgan fingerprint density at radius 1 is 1.30 bits per heavy atom. The van der Waals surface area contributed by atoms with E-state index in [4.69, 9.17) is 0 Å². The second-order valence-electron chi connectivity index (χ2n) is 6.95. The van der Waals surface area contributed by atoms with Crippen LogP contribution in [0.3, 0.4) is 0 Å². The standard InChI is InChI=1S/C17H27N3O2S/c1-20(10-12-6-2-4-8-14(12)21)11-16(22)19-17-18-13-7-3-5-9-15(13)23-17/h12,14,21H,2-11H2,1H3,(H,18,19,22). The molecule has 0 radical (unpaired) electrons. The number of carbonyl (C=O) groups excluding carboxylic acids is 1. The number of aliphatic hydroxyl groups excluding tert-OH is 1. The van der Waals surface area contributed by atoms with Crippen LogP contribution in [0.2, 0.25) is 0 Å². The minimum absolute atomic E-state index is 0.0103. The van der Waals surface area contributed by atoms with Gasteiger partial charge in [0.05, 0.1) is 18.3 Å². The zero-order valence-corrected chi connectivity index (χ0v) is 14.7. The number of thiazole rings is 1. The number of hydrogen-bond donors (Lipinski definition) is 2. The number of fused-ring (bicyclic) bond motifs is 1. The smallest absolute Gasteiger partial charge is 0.240 e. The minimum Gasteiger partial charge on any atom is -0.393 e. The molecule has 2 aliphatic carbocycles. The number of anilines is 1. The van der Waals surface area contributed by atoms with Gasteiger partial charge in [0.2, 0.25) is 5.91 Å². The molecule has 1 aromatic heterocycles. The molecule has 128 valence electrons. The monoisotopic (exact) mass is 337 g/mol. The van der Waals surface area contributed by atoms with Gasteiger partial charge in [-0.2, -0.15) is 0 Å². The molecule has 2 aliphatic rings. The van der Waals surface area contributed by atoms with Crippen molar-refractivity contribution in [3.05, 3.63) is 10.6 Å². The first-order chi connectivity index (χ1) is 11.1. The van der Waals surface area contributed by atoms with Crippen LogP contribution in [0.25, 0.3) is 0 Å². The first kappa shape index (κ1) is 16.9. The number of hydrogen-bond acceptors (Lipinski definition) is 5. The quantitative estimate of drug-likeness (QED) is 0.866. The number of rotatable bonds is 5. The Bertz CT molecular complexity index is 522. The van der Waals surface area contributed by atoms with Crippen LogP contribution >= 0.6 is 11.3 Å². The summed E-state index contributed by atoms with van der Waals surface area (Å²) in [6.45, 7) is 1.14. The fraction of sp³-hybridized carbons (Fsp3) is 0.765. The molecule has 1 amide bonds. The zero-order valence-electron chi connectivity index (χ0n) is 13.9. The fourth-order valence-electron chi connectivity index (χ4n) is 3.68. The molecule has 0 aliphatic heterocycles. The van der Waals surface area contributed by atoms with Crippen molar-refractivity contribution in [2.45, 2.75) is 57.5 Å². The van der Waals surface area contributed by atoms with Crippen LogP contribution in [-0.2, 0) is 17.6 Å². The van der Waals surface area contributed by atoms with Crippen LogP contribution in [0.5, 0.6) is 0 Å². The molecule has 1 saturated carbocycles. The number of amides is 1. The molecular weight excluding hydrogens is 310 g/mol. The number of aromatic nitrogens is 1. The number of nitrogens with zero attached hydrogens (tertiary/aromatic N) is 2. The predicted octanol–water partition coefficient (Wildman–Crippen LogP) is 2.44. The highest BCUT2D eigenvalue weighted by molar-refractivity contribution is 7.15. The molecule has 0 saturated heterocycles. The number of likely N-dealkylation sites (N-methyl/N-ethyl adjacent to an activating group) is 1. The van der Waals surface area contributed by atoms with E-state index in [0.717, 1.165) is 43.8 Å². The number of carbonyl (C=O) groups is 1. The van der Waals surface area contributed by atoms with Gasteiger partial charge in [0.15, 0.2) is 5.13 Å². The molecule has 0 bridgehead atoms. The van der Waals surface area contributed by atoms with E-state index in [1.807, 2.05) is 11.9 Å². The van der Waals surface area contributed by atoms with Crippen LogP contribution in [0, 0.1) is 5.92 Å². The van der Waals surface area contributed by atoms with Gasteiger partial charge in [-0.05, 0) is 51.5 Å². The molecule has 0 spiro atoms. The Morgan fingerprint density at radius 3 is 2.87 bits per heavy atom. The van der Waals surface area contributed by atoms with E-state index < -0.39 is 0 Å².